The van der Waals surface area contributed by atoms with Gasteiger partial charge in [0.1, 0.15) is 11.9 Å². The number of carbonyl (C=O) groups excluding carboxylic acids is 1. The summed E-state index contributed by atoms with van der Waals surface area (Å²) in [6.45, 7) is 0. The standard InChI is InChI=1S/C24H22Cl3N3O2S/c1-32-20-13-11-19(12-14-20)28-23(33)30-22(24(25,26)27)29-21(31)15-16-7-9-18(10-8-16)17-5-3-2-4-6-17/h2-14,22H,15H2,1H3,(H,29,31)(H2,28,30,33). The van der Waals surface area contributed by atoms with Crippen LogP contribution in [0.3, 0.4) is 0 Å². The monoisotopic (exact) mass is 521 g/mol. The van der Waals surface area contributed by atoms with Gasteiger partial charge in [0.05, 0.1) is 13.5 Å². The summed E-state index contributed by atoms with van der Waals surface area (Å²) in [6.07, 6.45) is -0.927. The smallest absolute Gasteiger partial charge is 0.228 e. The van der Waals surface area contributed by atoms with E-state index in [0.717, 1.165) is 16.7 Å². The quantitative estimate of drug-likeness (QED) is 0.211. The number of thiocarbonyl (C=S) groups is 1. The lowest BCUT2D eigenvalue weighted by molar-refractivity contribution is -0.121. The number of alkyl halides is 3. The largest absolute Gasteiger partial charge is 0.497 e. The Morgan fingerprint density at radius 1 is 0.909 bits per heavy atom. The maximum absolute atomic E-state index is 12.6. The zero-order valence-corrected chi connectivity index (χ0v) is 20.7. The van der Waals surface area contributed by atoms with Crippen LogP contribution in [-0.4, -0.2) is 28.1 Å². The van der Waals surface area contributed by atoms with E-state index in [4.69, 9.17) is 51.8 Å². The molecule has 0 saturated heterocycles. The summed E-state index contributed by atoms with van der Waals surface area (Å²) in [5.41, 5.74) is 3.71. The first-order valence-electron chi connectivity index (χ1n) is 9.96. The molecule has 3 N–H and O–H groups in total. The number of anilines is 1. The Morgan fingerprint density at radius 2 is 1.52 bits per heavy atom. The van der Waals surface area contributed by atoms with E-state index >= 15 is 0 Å². The van der Waals surface area contributed by atoms with Crippen molar-refractivity contribution >= 4 is 63.7 Å². The van der Waals surface area contributed by atoms with E-state index in [1.165, 1.54) is 0 Å². The van der Waals surface area contributed by atoms with Crippen LogP contribution >= 0.6 is 47.0 Å². The summed E-state index contributed by atoms with van der Waals surface area (Å²) < 4.78 is 3.29. The highest BCUT2D eigenvalue weighted by atomic mass is 35.6. The van der Waals surface area contributed by atoms with Crippen LogP contribution in [0.4, 0.5) is 5.69 Å². The Morgan fingerprint density at radius 3 is 2.09 bits per heavy atom. The highest BCUT2D eigenvalue weighted by Gasteiger charge is 2.34. The average molecular weight is 523 g/mol. The second-order valence-corrected chi connectivity index (χ2v) is 9.89. The van der Waals surface area contributed by atoms with Crippen molar-refractivity contribution < 1.29 is 9.53 Å². The molecule has 9 heteroatoms. The fourth-order valence-electron chi connectivity index (χ4n) is 3.02. The molecule has 33 heavy (non-hydrogen) atoms. The van der Waals surface area contributed by atoms with Crippen LogP contribution in [0.5, 0.6) is 5.75 Å². The first kappa shape index (κ1) is 25.1. The number of nitrogens with one attached hydrogen (secondary N) is 3. The summed E-state index contributed by atoms with van der Waals surface area (Å²) in [7, 11) is 1.58. The van der Waals surface area contributed by atoms with E-state index in [2.05, 4.69) is 16.0 Å². The number of rotatable bonds is 7. The molecule has 0 aromatic heterocycles. The van der Waals surface area contributed by atoms with E-state index in [0.29, 0.717) is 11.4 Å². The summed E-state index contributed by atoms with van der Waals surface area (Å²) in [5, 5.41) is 8.70. The number of halogens is 3. The number of methoxy groups -OCH3 is 1. The minimum atomic E-state index is -1.83. The lowest BCUT2D eigenvalue weighted by atomic mass is 10.0. The molecular formula is C24H22Cl3N3O2S. The Hall–Kier alpha value is -2.51. The highest BCUT2D eigenvalue weighted by molar-refractivity contribution is 7.80. The number of hydrogen-bond donors (Lipinski definition) is 3. The second kappa shape index (κ2) is 11.6. The SMILES string of the molecule is COc1ccc(NC(=S)NC(NC(=O)Cc2ccc(-c3ccccc3)cc2)C(Cl)(Cl)Cl)cc1. The number of ether oxygens (including phenoxy) is 1. The van der Waals surface area contributed by atoms with Crippen LogP contribution in [0.2, 0.25) is 0 Å². The molecule has 3 rings (SSSR count). The van der Waals surface area contributed by atoms with Crippen LogP contribution in [-0.2, 0) is 11.2 Å². The predicted molar refractivity (Wildman–Crippen MR) is 140 cm³/mol. The van der Waals surface area contributed by atoms with Crippen molar-refractivity contribution in [3.05, 3.63) is 84.4 Å². The van der Waals surface area contributed by atoms with Crippen LogP contribution in [0.15, 0.2) is 78.9 Å². The number of benzene rings is 3. The average Bonchev–Trinajstić information content (AvgIpc) is 2.79. The molecule has 0 radical (unpaired) electrons. The normalized spacial score (nSPS) is 11.9. The molecule has 0 bridgehead atoms. The molecule has 1 atom stereocenters. The molecule has 0 fully saturated rings. The zero-order chi connectivity index (χ0) is 23.8. The van der Waals surface area contributed by atoms with Gasteiger partial charge < -0.3 is 20.7 Å². The Balaban J connectivity index is 1.59. The molecule has 172 valence electrons. The van der Waals surface area contributed by atoms with Gasteiger partial charge in [-0.2, -0.15) is 0 Å². The van der Waals surface area contributed by atoms with Crippen LogP contribution in [0, 0.1) is 0 Å². The molecule has 0 heterocycles. The molecular weight excluding hydrogens is 501 g/mol. The zero-order valence-electron chi connectivity index (χ0n) is 17.6. The summed E-state index contributed by atoms with van der Waals surface area (Å²) in [4.78, 5) is 12.6. The van der Waals surface area contributed by atoms with Gasteiger partial charge in [0.15, 0.2) is 5.11 Å². The molecule has 5 nitrogen and oxygen atoms in total. The number of carbonyl (C=O) groups is 1. The van der Waals surface area contributed by atoms with Crippen molar-refractivity contribution in [3.8, 4) is 16.9 Å². The molecule has 0 aliphatic rings. The van der Waals surface area contributed by atoms with Gasteiger partial charge >= 0.3 is 0 Å². The third kappa shape index (κ3) is 7.79. The van der Waals surface area contributed by atoms with Crippen molar-refractivity contribution in [2.24, 2.45) is 0 Å². The van der Waals surface area contributed by atoms with Gasteiger partial charge in [0.25, 0.3) is 0 Å². The summed E-state index contributed by atoms with van der Waals surface area (Å²) in [6, 6.07) is 24.9. The fraction of sp³-hybridized carbons (Fsp3) is 0.167. The van der Waals surface area contributed by atoms with Gasteiger partial charge in [-0.25, -0.2) is 0 Å². The van der Waals surface area contributed by atoms with Crippen molar-refractivity contribution in [3.63, 3.8) is 0 Å². The topological polar surface area (TPSA) is 62.4 Å². The number of hydrogen-bond acceptors (Lipinski definition) is 3. The van der Waals surface area contributed by atoms with Gasteiger partial charge in [-0.05, 0) is 53.2 Å². The van der Waals surface area contributed by atoms with E-state index in [-0.39, 0.29) is 17.4 Å². The maximum atomic E-state index is 12.6. The third-order valence-electron chi connectivity index (χ3n) is 4.68. The predicted octanol–water partition coefficient (Wildman–Crippen LogP) is 5.70. The van der Waals surface area contributed by atoms with E-state index in [9.17, 15) is 4.79 Å². The molecule has 1 unspecified atom stereocenters. The maximum Gasteiger partial charge on any atom is 0.228 e. The van der Waals surface area contributed by atoms with Crippen molar-refractivity contribution in [1.82, 2.24) is 10.6 Å². The van der Waals surface area contributed by atoms with Gasteiger partial charge in [-0.15, -0.1) is 0 Å². The van der Waals surface area contributed by atoms with Gasteiger partial charge in [-0.1, -0.05) is 89.4 Å². The van der Waals surface area contributed by atoms with Gasteiger partial charge in [0.2, 0.25) is 9.70 Å². The number of amides is 1. The van der Waals surface area contributed by atoms with E-state index < -0.39 is 9.96 Å². The minimum absolute atomic E-state index is 0.118. The first-order chi connectivity index (χ1) is 15.7. The molecule has 1 amide bonds. The van der Waals surface area contributed by atoms with Crippen LogP contribution in [0.25, 0.3) is 11.1 Å². The Kier molecular flexibility index (Phi) is 8.80. The lowest BCUT2D eigenvalue weighted by Crippen LogP contribution is -2.56. The van der Waals surface area contributed by atoms with E-state index in [1.54, 1.807) is 31.4 Å². The molecule has 0 spiro atoms. The fourth-order valence-corrected chi connectivity index (χ4v) is 3.58. The van der Waals surface area contributed by atoms with E-state index in [1.807, 2.05) is 54.6 Å². The second-order valence-electron chi connectivity index (χ2n) is 7.11. The molecule has 3 aromatic rings. The van der Waals surface area contributed by atoms with Crippen molar-refractivity contribution in [1.29, 1.82) is 0 Å². The lowest BCUT2D eigenvalue weighted by Gasteiger charge is -2.27. The van der Waals surface area contributed by atoms with Crippen molar-refractivity contribution in [2.75, 3.05) is 12.4 Å². The van der Waals surface area contributed by atoms with Crippen molar-refractivity contribution in [2.45, 2.75) is 16.4 Å². The van der Waals surface area contributed by atoms with Gasteiger partial charge in [-0.3, -0.25) is 4.79 Å². The summed E-state index contributed by atoms with van der Waals surface area (Å²) in [5.74, 6) is 0.390. The molecule has 3 aromatic carbocycles. The molecule has 0 aliphatic heterocycles. The van der Waals surface area contributed by atoms with Crippen LogP contribution in [0.1, 0.15) is 5.56 Å². The van der Waals surface area contributed by atoms with Gasteiger partial charge in [0, 0.05) is 5.69 Å². The molecule has 0 saturated carbocycles. The first-order valence-corrected chi connectivity index (χ1v) is 11.5. The highest BCUT2D eigenvalue weighted by Crippen LogP contribution is 2.29. The minimum Gasteiger partial charge on any atom is -0.497 e. The molecule has 0 aliphatic carbocycles. The summed E-state index contributed by atoms with van der Waals surface area (Å²) >= 11 is 23.5. The third-order valence-corrected chi connectivity index (χ3v) is 5.56. The Labute approximate surface area is 213 Å². The Bertz CT molecular complexity index is 1070. The van der Waals surface area contributed by atoms with Crippen LogP contribution < -0.4 is 20.7 Å².